The number of amides is 1. The van der Waals surface area contributed by atoms with E-state index in [0.717, 1.165) is 19.0 Å². The molecule has 0 spiro atoms. The van der Waals surface area contributed by atoms with E-state index < -0.39 is 11.6 Å². The van der Waals surface area contributed by atoms with Gasteiger partial charge in [0.05, 0.1) is 7.11 Å². The molecule has 0 aliphatic carbocycles. The van der Waals surface area contributed by atoms with Crippen LogP contribution in [0.25, 0.3) is 0 Å². The number of carbonyl (C=O) groups is 1. The van der Waals surface area contributed by atoms with Crippen LogP contribution in [-0.4, -0.2) is 39.3 Å². The van der Waals surface area contributed by atoms with Crippen LogP contribution in [0.4, 0.5) is 14.5 Å². The van der Waals surface area contributed by atoms with Gasteiger partial charge in [-0.2, -0.15) is 0 Å². The first-order valence-electron chi connectivity index (χ1n) is 8.79. The summed E-state index contributed by atoms with van der Waals surface area (Å²) in [5.41, 5.74) is 0.655. The van der Waals surface area contributed by atoms with Crippen molar-refractivity contribution in [1.29, 1.82) is 0 Å². The lowest BCUT2D eigenvalue weighted by Gasteiger charge is -2.19. The molecule has 144 valence electrons. The molecule has 1 aliphatic heterocycles. The number of para-hydroxylation sites is 2. The van der Waals surface area contributed by atoms with Crippen LogP contribution in [0, 0.1) is 17.6 Å². The van der Waals surface area contributed by atoms with E-state index in [1.54, 1.807) is 31.4 Å². The maximum Gasteiger partial charge on any atom is 0.257 e. The van der Waals surface area contributed by atoms with Crippen LogP contribution >= 0.6 is 0 Å². The fourth-order valence-corrected chi connectivity index (χ4v) is 3.11. The highest BCUT2D eigenvalue weighted by atomic mass is 19.2. The Balaban J connectivity index is 1.44. The number of halogens is 2. The molecule has 5 nitrogen and oxygen atoms in total. The van der Waals surface area contributed by atoms with E-state index in [9.17, 15) is 13.6 Å². The lowest BCUT2D eigenvalue weighted by molar-refractivity contribution is -0.123. The summed E-state index contributed by atoms with van der Waals surface area (Å²) in [7, 11) is 1.54. The summed E-state index contributed by atoms with van der Waals surface area (Å²) in [4.78, 5) is 14.0. The molecule has 0 aromatic heterocycles. The number of hydrogen-bond acceptors (Lipinski definition) is 4. The first-order chi connectivity index (χ1) is 13.1. The Morgan fingerprint density at radius 3 is 2.70 bits per heavy atom. The molecule has 1 amide bonds. The molecule has 1 fully saturated rings. The molecule has 1 atom stereocenters. The summed E-state index contributed by atoms with van der Waals surface area (Å²) in [5.74, 6) is -0.584. The molecule has 2 aromatic carbocycles. The highest BCUT2D eigenvalue weighted by Gasteiger charge is 2.23. The van der Waals surface area contributed by atoms with E-state index in [0.29, 0.717) is 30.3 Å². The van der Waals surface area contributed by atoms with Gasteiger partial charge in [0, 0.05) is 31.4 Å². The SMILES string of the molecule is COc1ccccc1OCC(=O)NC[C@@H]1CCN(c2ccc(F)c(F)c2)C1. The standard InChI is InChI=1S/C20H22F2N2O3/c1-26-18-4-2-3-5-19(18)27-13-20(25)23-11-14-8-9-24(12-14)15-6-7-16(21)17(22)10-15/h2-7,10,14H,8-9,11-13H2,1H3,(H,23,25)/t14-/m0/s1. The molecule has 0 bridgehead atoms. The molecule has 1 aliphatic rings. The lowest BCUT2D eigenvalue weighted by atomic mass is 10.1. The minimum Gasteiger partial charge on any atom is -0.493 e. The molecule has 27 heavy (non-hydrogen) atoms. The maximum atomic E-state index is 13.4. The summed E-state index contributed by atoms with van der Waals surface area (Å²) in [6.45, 7) is 1.83. The monoisotopic (exact) mass is 376 g/mol. The molecule has 0 saturated carbocycles. The third-order valence-corrected chi connectivity index (χ3v) is 4.57. The number of benzene rings is 2. The van der Waals surface area contributed by atoms with Gasteiger partial charge in [-0.1, -0.05) is 12.1 Å². The summed E-state index contributed by atoms with van der Waals surface area (Å²) in [6, 6.07) is 11.0. The summed E-state index contributed by atoms with van der Waals surface area (Å²) in [6.07, 6.45) is 0.868. The fraction of sp³-hybridized carbons (Fsp3) is 0.350. The molecule has 0 unspecified atom stereocenters. The highest BCUT2D eigenvalue weighted by Crippen LogP contribution is 2.26. The Bertz CT molecular complexity index is 801. The molecule has 2 aromatic rings. The molecule has 1 saturated heterocycles. The third-order valence-electron chi connectivity index (χ3n) is 4.57. The zero-order chi connectivity index (χ0) is 19.2. The van der Waals surface area contributed by atoms with Crippen LogP contribution in [-0.2, 0) is 4.79 Å². The second kappa shape index (κ2) is 8.70. The minimum absolute atomic E-state index is 0.0972. The number of methoxy groups -OCH3 is 1. The van der Waals surface area contributed by atoms with Crippen molar-refractivity contribution in [3.05, 3.63) is 54.1 Å². The number of hydrogen-bond donors (Lipinski definition) is 1. The number of carbonyl (C=O) groups excluding carboxylic acids is 1. The normalized spacial score (nSPS) is 16.3. The average molecular weight is 376 g/mol. The van der Waals surface area contributed by atoms with Crippen LogP contribution in [0.2, 0.25) is 0 Å². The van der Waals surface area contributed by atoms with Gasteiger partial charge in [-0.15, -0.1) is 0 Å². The minimum atomic E-state index is -0.850. The predicted molar refractivity (Wildman–Crippen MR) is 98.2 cm³/mol. The highest BCUT2D eigenvalue weighted by molar-refractivity contribution is 5.77. The molecule has 3 rings (SSSR count). The topological polar surface area (TPSA) is 50.8 Å². The van der Waals surface area contributed by atoms with E-state index in [4.69, 9.17) is 9.47 Å². The van der Waals surface area contributed by atoms with Crippen molar-refractivity contribution in [2.75, 3.05) is 38.3 Å². The van der Waals surface area contributed by atoms with Gasteiger partial charge in [0.15, 0.2) is 29.7 Å². The maximum absolute atomic E-state index is 13.4. The Morgan fingerprint density at radius 1 is 1.19 bits per heavy atom. The zero-order valence-electron chi connectivity index (χ0n) is 15.1. The van der Waals surface area contributed by atoms with Gasteiger partial charge in [-0.3, -0.25) is 4.79 Å². The zero-order valence-corrected chi connectivity index (χ0v) is 15.1. The van der Waals surface area contributed by atoms with Crippen molar-refractivity contribution >= 4 is 11.6 Å². The first kappa shape index (κ1) is 18.9. The number of ether oxygens (including phenoxy) is 2. The second-order valence-corrected chi connectivity index (χ2v) is 6.44. The van der Waals surface area contributed by atoms with Gasteiger partial charge in [0.1, 0.15) is 0 Å². The van der Waals surface area contributed by atoms with Gasteiger partial charge in [0.2, 0.25) is 0 Å². The van der Waals surface area contributed by atoms with Crippen molar-refractivity contribution in [1.82, 2.24) is 5.32 Å². The first-order valence-corrected chi connectivity index (χ1v) is 8.79. The van der Waals surface area contributed by atoms with Crippen molar-refractivity contribution in [3.63, 3.8) is 0 Å². The average Bonchev–Trinajstić information content (AvgIpc) is 3.16. The Hall–Kier alpha value is -2.83. The lowest BCUT2D eigenvalue weighted by Crippen LogP contribution is -2.34. The van der Waals surface area contributed by atoms with E-state index >= 15 is 0 Å². The Kier molecular flexibility index (Phi) is 6.11. The van der Waals surface area contributed by atoms with Crippen LogP contribution in [0.1, 0.15) is 6.42 Å². The number of rotatable bonds is 7. The Labute approximate surface area is 156 Å². The van der Waals surface area contributed by atoms with Crippen LogP contribution < -0.4 is 19.7 Å². The second-order valence-electron chi connectivity index (χ2n) is 6.44. The molecular weight excluding hydrogens is 354 g/mol. The van der Waals surface area contributed by atoms with Gasteiger partial charge in [-0.05, 0) is 36.6 Å². The van der Waals surface area contributed by atoms with Gasteiger partial charge in [-0.25, -0.2) is 8.78 Å². The largest absolute Gasteiger partial charge is 0.493 e. The van der Waals surface area contributed by atoms with Crippen LogP contribution in [0.3, 0.4) is 0 Å². The summed E-state index contributed by atoms with van der Waals surface area (Å²) in [5, 5.41) is 2.86. The van der Waals surface area contributed by atoms with E-state index in [-0.39, 0.29) is 18.4 Å². The van der Waals surface area contributed by atoms with Crippen molar-refractivity contribution < 1.29 is 23.0 Å². The molecule has 0 radical (unpaired) electrons. The predicted octanol–water partition coefficient (Wildman–Crippen LogP) is 2.99. The van der Waals surface area contributed by atoms with Crippen molar-refractivity contribution in [3.8, 4) is 11.5 Å². The van der Waals surface area contributed by atoms with Crippen molar-refractivity contribution in [2.45, 2.75) is 6.42 Å². The van der Waals surface area contributed by atoms with Gasteiger partial charge < -0.3 is 19.7 Å². The number of nitrogens with zero attached hydrogens (tertiary/aromatic N) is 1. The Morgan fingerprint density at radius 2 is 1.96 bits per heavy atom. The number of nitrogens with one attached hydrogen (secondary N) is 1. The summed E-state index contributed by atoms with van der Waals surface area (Å²) < 4.78 is 37.1. The van der Waals surface area contributed by atoms with Crippen molar-refractivity contribution in [2.24, 2.45) is 5.92 Å². The van der Waals surface area contributed by atoms with E-state index in [1.807, 2.05) is 11.0 Å². The van der Waals surface area contributed by atoms with E-state index in [1.165, 1.54) is 6.07 Å². The smallest absolute Gasteiger partial charge is 0.257 e. The molecular formula is C20H22F2N2O3. The van der Waals surface area contributed by atoms with Gasteiger partial charge in [0.25, 0.3) is 5.91 Å². The summed E-state index contributed by atoms with van der Waals surface area (Å²) >= 11 is 0. The van der Waals surface area contributed by atoms with E-state index in [2.05, 4.69) is 5.32 Å². The van der Waals surface area contributed by atoms with Crippen LogP contribution in [0.15, 0.2) is 42.5 Å². The molecule has 1 heterocycles. The third kappa shape index (κ3) is 4.87. The van der Waals surface area contributed by atoms with Gasteiger partial charge >= 0.3 is 0 Å². The number of anilines is 1. The quantitative estimate of drug-likeness (QED) is 0.807. The molecule has 7 heteroatoms. The molecule has 1 N–H and O–H groups in total. The van der Waals surface area contributed by atoms with Crippen LogP contribution in [0.5, 0.6) is 11.5 Å². The fourth-order valence-electron chi connectivity index (χ4n) is 3.11.